The normalized spacial score (nSPS) is 31.0. The number of hydrogen-bond donors (Lipinski definition) is 2. The van der Waals surface area contributed by atoms with Gasteiger partial charge in [-0.25, -0.2) is 4.98 Å². The molecule has 7 nitrogen and oxygen atoms in total. The van der Waals surface area contributed by atoms with Gasteiger partial charge in [-0.15, -0.1) is 0 Å². The molecule has 10 heteroatoms. The van der Waals surface area contributed by atoms with E-state index < -0.39 is 36.3 Å². The fourth-order valence-corrected chi connectivity index (χ4v) is 3.20. The van der Waals surface area contributed by atoms with Crippen LogP contribution in [0, 0.1) is 0 Å². The van der Waals surface area contributed by atoms with Crippen molar-refractivity contribution in [3.63, 3.8) is 0 Å². The number of hydrogen-bond acceptors (Lipinski definition) is 7. The first-order valence-corrected chi connectivity index (χ1v) is 8.83. The predicted molar refractivity (Wildman–Crippen MR) is 89.3 cm³/mol. The van der Waals surface area contributed by atoms with Gasteiger partial charge in [0.25, 0.3) is 0 Å². The minimum Gasteiger partial charge on any atom is -0.469 e. The van der Waals surface area contributed by atoms with Crippen LogP contribution in [0.1, 0.15) is 5.69 Å². The van der Waals surface area contributed by atoms with E-state index in [4.69, 9.17) is 9.47 Å². The van der Waals surface area contributed by atoms with Crippen LogP contribution >= 0.6 is 0 Å². The number of nitrogens with zero attached hydrogens (tertiary/aromatic N) is 3. The quantitative estimate of drug-likeness (QED) is 0.760. The van der Waals surface area contributed by atoms with Gasteiger partial charge >= 0.3 is 6.18 Å². The van der Waals surface area contributed by atoms with Gasteiger partial charge in [0.1, 0.15) is 17.9 Å². The number of aromatic nitrogens is 1. The lowest BCUT2D eigenvalue weighted by molar-refractivity contribution is -0.186. The Bertz CT molecular complexity index is 626. The molecule has 0 aromatic carbocycles. The lowest BCUT2D eigenvalue weighted by atomic mass is 9.99. The molecule has 0 amide bonds. The van der Waals surface area contributed by atoms with Crippen molar-refractivity contribution >= 4 is 0 Å². The first kappa shape index (κ1) is 20.3. The van der Waals surface area contributed by atoms with E-state index in [9.17, 15) is 23.4 Å². The van der Waals surface area contributed by atoms with E-state index in [1.165, 1.54) is 12.1 Å². The molecule has 152 valence electrons. The van der Waals surface area contributed by atoms with Crippen molar-refractivity contribution in [2.45, 2.75) is 30.6 Å². The van der Waals surface area contributed by atoms with Crippen molar-refractivity contribution in [2.24, 2.45) is 0 Å². The first-order valence-electron chi connectivity index (χ1n) is 8.83. The molecule has 0 radical (unpaired) electrons. The molecule has 1 aromatic rings. The summed E-state index contributed by atoms with van der Waals surface area (Å²) in [6.45, 7) is 3.94. The van der Waals surface area contributed by atoms with Gasteiger partial charge in [0.05, 0.1) is 12.7 Å². The number of ether oxygens (including phenoxy) is 2. The van der Waals surface area contributed by atoms with Gasteiger partial charge in [-0.2, -0.15) is 13.2 Å². The number of pyridine rings is 1. The Kier molecular flexibility index (Phi) is 6.21. The third kappa shape index (κ3) is 5.08. The molecule has 2 aliphatic rings. The number of likely N-dealkylation sites (N-methyl/N-ethyl adjacent to an activating group) is 1. The molecule has 3 rings (SSSR count). The molecule has 2 fully saturated rings. The van der Waals surface area contributed by atoms with E-state index in [2.05, 4.69) is 14.8 Å². The molecule has 27 heavy (non-hydrogen) atoms. The van der Waals surface area contributed by atoms with Crippen LogP contribution in [0.25, 0.3) is 0 Å². The Balaban J connectivity index is 1.57. The highest BCUT2D eigenvalue weighted by Gasteiger charge is 2.41. The molecule has 0 aliphatic carbocycles. The van der Waals surface area contributed by atoms with Crippen molar-refractivity contribution in [2.75, 3.05) is 46.4 Å². The Morgan fingerprint density at radius 3 is 2.56 bits per heavy atom. The van der Waals surface area contributed by atoms with E-state index >= 15 is 0 Å². The fourth-order valence-electron chi connectivity index (χ4n) is 3.20. The number of aliphatic hydroxyl groups excluding tert-OH is 2. The molecule has 2 saturated heterocycles. The number of aliphatic hydroxyl groups is 2. The second-order valence-electron chi connectivity index (χ2n) is 6.97. The number of piperazine rings is 1. The molecule has 2 N–H and O–H groups in total. The van der Waals surface area contributed by atoms with Crippen molar-refractivity contribution in [3.8, 4) is 5.88 Å². The minimum absolute atomic E-state index is 0.0471. The monoisotopic (exact) mass is 391 g/mol. The highest BCUT2D eigenvalue weighted by atomic mass is 19.4. The molecule has 3 heterocycles. The molecule has 0 spiro atoms. The van der Waals surface area contributed by atoms with Crippen molar-refractivity contribution in [3.05, 3.63) is 23.9 Å². The van der Waals surface area contributed by atoms with Gasteiger partial charge in [0.15, 0.2) is 6.10 Å². The molecule has 0 unspecified atom stereocenters. The third-order valence-electron chi connectivity index (χ3n) is 4.91. The second kappa shape index (κ2) is 8.27. The van der Waals surface area contributed by atoms with Crippen LogP contribution in [-0.4, -0.2) is 95.8 Å². The smallest absolute Gasteiger partial charge is 0.433 e. The Hall–Kier alpha value is -1.46. The number of alkyl halides is 3. The maximum absolute atomic E-state index is 12.7. The van der Waals surface area contributed by atoms with Gasteiger partial charge in [0.2, 0.25) is 5.88 Å². The van der Waals surface area contributed by atoms with Crippen LogP contribution < -0.4 is 4.74 Å². The SMILES string of the molecule is CN1CCN(C[C@H]2OC[C@H](Oc3cccc(C(F)(F)F)n3)[C@@H](O)[C@H]2O)CC1. The fraction of sp³-hybridized carbons (Fsp3) is 0.706. The average Bonchev–Trinajstić information content (AvgIpc) is 2.63. The summed E-state index contributed by atoms with van der Waals surface area (Å²) in [5, 5.41) is 20.7. The number of rotatable bonds is 4. The first-order chi connectivity index (χ1) is 12.7. The predicted octanol–water partition coefficient (Wildman–Crippen LogP) is 0.216. The van der Waals surface area contributed by atoms with E-state index in [1.54, 1.807) is 0 Å². The van der Waals surface area contributed by atoms with E-state index in [0.717, 1.165) is 32.2 Å². The summed E-state index contributed by atoms with van der Waals surface area (Å²) in [6.07, 6.45) is -8.66. The molecule has 0 bridgehead atoms. The topological polar surface area (TPSA) is 78.3 Å². The van der Waals surface area contributed by atoms with E-state index in [1.807, 2.05) is 7.05 Å². The van der Waals surface area contributed by atoms with Gasteiger partial charge in [-0.05, 0) is 13.1 Å². The molecule has 2 aliphatic heterocycles. The lowest BCUT2D eigenvalue weighted by Crippen LogP contribution is -2.59. The van der Waals surface area contributed by atoms with E-state index in [0.29, 0.717) is 6.54 Å². The van der Waals surface area contributed by atoms with Crippen LogP contribution in [0.4, 0.5) is 13.2 Å². The van der Waals surface area contributed by atoms with Crippen LogP contribution in [-0.2, 0) is 10.9 Å². The summed E-state index contributed by atoms with van der Waals surface area (Å²) < 4.78 is 49.2. The molecular weight excluding hydrogens is 367 g/mol. The molecule has 1 aromatic heterocycles. The zero-order chi connectivity index (χ0) is 19.6. The molecule has 4 atom stereocenters. The van der Waals surface area contributed by atoms with Crippen molar-refractivity contribution in [1.82, 2.24) is 14.8 Å². The highest BCUT2D eigenvalue weighted by molar-refractivity contribution is 5.18. The minimum atomic E-state index is -4.59. The standard InChI is InChI=1S/C17H24F3N3O4/c1-22-5-7-23(8-6-22)9-11-15(24)16(25)12(10-26-11)27-14-4-2-3-13(21-14)17(18,19)20/h2-4,11-12,15-16,24-25H,5-10H2,1H3/t11-,12+,15+,16-/m1/s1. The largest absolute Gasteiger partial charge is 0.469 e. The summed E-state index contributed by atoms with van der Waals surface area (Å²) in [4.78, 5) is 7.76. The maximum Gasteiger partial charge on any atom is 0.433 e. The van der Waals surface area contributed by atoms with Crippen LogP contribution in [0.5, 0.6) is 5.88 Å². The molecular formula is C17H24F3N3O4. The Labute approximate surface area is 155 Å². The second-order valence-corrected chi connectivity index (χ2v) is 6.97. The van der Waals surface area contributed by atoms with Gasteiger partial charge < -0.3 is 24.6 Å². The summed E-state index contributed by atoms with van der Waals surface area (Å²) >= 11 is 0. The zero-order valence-electron chi connectivity index (χ0n) is 15.0. The Morgan fingerprint density at radius 2 is 1.89 bits per heavy atom. The summed E-state index contributed by atoms with van der Waals surface area (Å²) in [5.41, 5.74) is -1.08. The van der Waals surface area contributed by atoms with Crippen LogP contribution in [0.15, 0.2) is 18.2 Å². The van der Waals surface area contributed by atoms with Gasteiger partial charge in [0, 0.05) is 38.8 Å². The summed E-state index contributed by atoms with van der Waals surface area (Å²) in [7, 11) is 2.04. The van der Waals surface area contributed by atoms with Gasteiger partial charge in [-0.1, -0.05) is 6.07 Å². The average molecular weight is 391 g/mol. The zero-order valence-corrected chi connectivity index (χ0v) is 15.0. The summed E-state index contributed by atoms with van der Waals surface area (Å²) in [5.74, 6) is -0.276. The highest BCUT2D eigenvalue weighted by Crippen LogP contribution is 2.29. The molecule has 0 saturated carbocycles. The third-order valence-corrected chi connectivity index (χ3v) is 4.91. The van der Waals surface area contributed by atoms with Gasteiger partial charge in [-0.3, -0.25) is 4.90 Å². The van der Waals surface area contributed by atoms with E-state index in [-0.39, 0.29) is 12.5 Å². The maximum atomic E-state index is 12.7. The van der Waals surface area contributed by atoms with Crippen LogP contribution in [0.3, 0.4) is 0 Å². The summed E-state index contributed by atoms with van der Waals surface area (Å²) in [6, 6.07) is 3.28. The van der Waals surface area contributed by atoms with Crippen LogP contribution in [0.2, 0.25) is 0 Å². The lowest BCUT2D eigenvalue weighted by Gasteiger charge is -2.41. The Morgan fingerprint density at radius 1 is 1.19 bits per heavy atom. The van der Waals surface area contributed by atoms with Crippen molar-refractivity contribution < 1.29 is 32.9 Å². The number of halogens is 3. The van der Waals surface area contributed by atoms with Crippen molar-refractivity contribution in [1.29, 1.82) is 0 Å².